The number of hydrogen-bond donors (Lipinski definition) is 2. The Kier molecular flexibility index (Phi) is 4.54. The first-order valence-electron chi connectivity index (χ1n) is 7.56. The fourth-order valence-corrected chi connectivity index (χ4v) is 3.38. The number of thiazole rings is 1. The van der Waals surface area contributed by atoms with Crippen molar-refractivity contribution >= 4 is 22.4 Å². The lowest BCUT2D eigenvalue weighted by atomic mass is 9.94. The molecule has 1 aliphatic heterocycles. The minimum absolute atomic E-state index is 0.244. The molecule has 6 nitrogen and oxygen atoms in total. The largest absolute Gasteiger partial charge is 0.447 e. The molecule has 1 saturated heterocycles. The smallest absolute Gasteiger partial charge is 0.279 e. The van der Waals surface area contributed by atoms with Crippen LogP contribution >= 0.6 is 11.3 Å². The van der Waals surface area contributed by atoms with Crippen molar-refractivity contribution < 1.29 is 9.21 Å². The summed E-state index contributed by atoms with van der Waals surface area (Å²) in [6.07, 6.45) is 5.09. The fourth-order valence-electron chi connectivity index (χ4n) is 2.57. The van der Waals surface area contributed by atoms with Crippen LogP contribution in [0.2, 0.25) is 0 Å². The van der Waals surface area contributed by atoms with Gasteiger partial charge in [0.15, 0.2) is 17.2 Å². The molecule has 2 N–H and O–H groups in total. The highest BCUT2D eigenvalue weighted by Gasteiger charge is 2.26. The van der Waals surface area contributed by atoms with Gasteiger partial charge in [-0.3, -0.25) is 10.1 Å². The average molecular weight is 320 g/mol. The monoisotopic (exact) mass is 320 g/mol. The van der Waals surface area contributed by atoms with Crippen LogP contribution in [0.4, 0.5) is 5.13 Å². The zero-order valence-electron chi connectivity index (χ0n) is 12.8. The Balaban J connectivity index is 1.73. The van der Waals surface area contributed by atoms with Crippen LogP contribution in [0.15, 0.2) is 17.0 Å². The van der Waals surface area contributed by atoms with Gasteiger partial charge in [-0.2, -0.15) is 0 Å². The van der Waals surface area contributed by atoms with E-state index in [1.807, 2.05) is 6.20 Å². The van der Waals surface area contributed by atoms with Crippen molar-refractivity contribution in [3.8, 4) is 0 Å². The van der Waals surface area contributed by atoms with Crippen molar-refractivity contribution in [3.05, 3.63) is 28.9 Å². The molecule has 1 fully saturated rings. The Bertz CT molecular complexity index is 644. The molecule has 3 heterocycles. The SMILES string of the molecule is CC(C)c1cnc(NC(=O)c2ncoc2C2CCNCC2)s1. The van der Waals surface area contributed by atoms with Crippen molar-refractivity contribution in [3.63, 3.8) is 0 Å². The summed E-state index contributed by atoms with van der Waals surface area (Å²) in [4.78, 5) is 21.9. The molecule has 0 unspecified atom stereocenters. The molecular weight excluding hydrogens is 300 g/mol. The van der Waals surface area contributed by atoms with E-state index in [1.165, 1.54) is 17.7 Å². The second kappa shape index (κ2) is 6.58. The van der Waals surface area contributed by atoms with Crippen LogP contribution in [0.3, 0.4) is 0 Å². The number of rotatable bonds is 4. The van der Waals surface area contributed by atoms with Gasteiger partial charge in [0.1, 0.15) is 5.76 Å². The molecule has 0 atom stereocenters. The summed E-state index contributed by atoms with van der Waals surface area (Å²) >= 11 is 1.50. The van der Waals surface area contributed by atoms with Gasteiger partial charge in [0.25, 0.3) is 5.91 Å². The van der Waals surface area contributed by atoms with E-state index < -0.39 is 0 Å². The maximum Gasteiger partial charge on any atom is 0.279 e. The number of carbonyl (C=O) groups is 1. The van der Waals surface area contributed by atoms with Crippen molar-refractivity contribution in [1.82, 2.24) is 15.3 Å². The maximum absolute atomic E-state index is 12.4. The Morgan fingerprint density at radius 1 is 1.41 bits per heavy atom. The third-order valence-corrected chi connectivity index (χ3v) is 5.05. The molecule has 7 heteroatoms. The number of nitrogens with zero attached hydrogens (tertiary/aromatic N) is 2. The van der Waals surface area contributed by atoms with E-state index in [9.17, 15) is 4.79 Å². The van der Waals surface area contributed by atoms with Crippen LogP contribution in [-0.2, 0) is 0 Å². The van der Waals surface area contributed by atoms with Crippen LogP contribution in [0, 0.1) is 0 Å². The number of aromatic nitrogens is 2. The van der Waals surface area contributed by atoms with E-state index in [0.29, 0.717) is 22.5 Å². The third-order valence-electron chi connectivity index (χ3n) is 3.83. The zero-order chi connectivity index (χ0) is 15.5. The van der Waals surface area contributed by atoms with Gasteiger partial charge in [-0.25, -0.2) is 9.97 Å². The lowest BCUT2D eigenvalue weighted by Crippen LogP contribution is -2.27. The lowest BCUT2D eigenvalue weighted by Gasteiger charge is -2.20. The van der Waals surface area contributed by atoms with E-state index in [-0.39, 0.29) is 11.8 Å². The van der Waals surface area contributed by atoms with Gasteiger partial charge in [-0.05, 0) is 31.8 Å². The Labute approximate surface area is 133 Å². The van der Waals surface area contributed by atoms with Crippen LogP contribution in [0.5, 0.6) is 0 Å². The number of oxazole rings is 1. The maximum atomic E-state index is 12.4. The molecule has 0 saturated carbocycles. The molecule has 0 spiro atoms. The molecule has 22 heavy (non-hydrogen) atoms. The number of amides is 1. The molecule has 1 aliphatic rings. The molecular formula is C15H20N4O2S. The second-order valence-electron chi connectivity index (χ2n) is 5.77. The van der Waals surface area contributed by atoms with Gasteiger partial charge < -0.3 is 9.73 Å². The van der Waals surface area contributed by atoms with Crippen LogP contribution in [-0.4, -0.2) is 29.0 Å². The normalized spacial score (nSPS) is 16.1. The Morgan fingerprint density at radius 3 is 2.86 bits per heavy atom. The third kappa shape index (κ3) is 3.20. The second-order valence-corrected chi connectivity index (χ2v) is 6.83. The topological polar surface area (TPSA) is 80.1 Å². The Hall–Kier alpha value is -1.73. The predicted octanol–water partition coefficient (Wildman–Crippen LogP) is 2.97. The molecule has 1 amide bonds. The highest BCUT2D eigenvalue weighted by Crippen LogP contribution is 2.29. The van der Waals surface area contributed by atoms with Gasteiger partial charge in [-0.1, -0.05) is 13.8 Å². The predicted molar refractivity (Wildman–Crippen MR) is 85.5 cm³/mol. The molecule has 0 bridgehead atoms. The van der Waals surface area contributed by atoms with Crippen LogP contribution < -0.4 is 10.6 Å². The summed E-state index contributed by atoms with van der Waals surface area (Å²) in [7, 11) is 0. The average Bonchev–Trinajstić information content (AvgIpc) is 3.17. The van der Waals surface area contributed by atoms with Crippen LogP contribution in [0.1, 0.15) is 59.7 Å². The summed E-state index contributed by atoms with van der Waals surface area (Å²) in [5.74, 6) is 1.11. The minimum atomic E-state index is -0.244. The fraction of sp³-hybridized carbons (Fsp3) is 0.533. The van der Waals surface area contributed by atoms with E-state index in [0.717, 1.165) is 30.8 Å². The first kappa shape index (κ1) is 15.2. The van der Waals surface area contributed by atoms with Gasteiger partial charge in [0.2, 0.25) is 0 Å². The first-order chi connectivity index (χ1) is 10.6. The summed E-state index contributed by atoms with van der Waals surface area (Å²) in [6, 6.07) is 0. The molecule has 0 aromatic carbocycles. The first-order valence-corrected chi connectivity index (χ1v) is 8.38. The number of nitrogens with one attached hydrogen (secondary N) is 2. The van der Waals surface area contributed by atoms with Crippen molar-refractivity contribution in [2.75, 3.05) is 18.4 Å². The molecule has 0 radical (unpaired) electrons. The van der Waals surface area contributed by atoms with E-state index in [1.54, 1.807) is 0 Å². The van der Waals surface area contributed by atoms with E-state index in [4.69, 9.17) is 4.42 Å². The summed E-state index contributed by atoms with van der Waals surface area (Å²) in [5.41, 5.74) is 0.383. The summed E-state index contributed by atoms with van der Waals surface area (Å²) in [6.45, 7) is 6.09. The molecule has 2 aromatic rings. The Morgan fingerprint density at radius 2 is 2.18 bits per heavy atom. The highest BCUT2D eigenvalue weighted by molar-refractivity contribution is 7.15. The number of hydrogen-bond acceptors (Lipinski definition) is 6. The van der Waals surface area contributed by atoms with E-state index >= 15 is 0 Å². The van der Waals surface area contributed by atoms with Gasteiger partial charge in [0, 0.05) is 17.0 Å². The lowest BCUT2D eigenvalue weighted by molar-refractivity contribution is 0.102. The van der Waals surface area contributed by atoms with Crippen LogP contribution in [0.25, 0.3) is 0 Å². The summed E-state index contributed by atoms with van der Waals surface area (Å²) < 4.78 is 5.49. The standard InChI is InChI=1S/C15H20N4O2S/c1-9(2)11-7-17-15(22-11)19-14(20)12-13(21-8-18-12)10-3-5-16-6-4-10/h7-10,16H,3-6H2,1-2H3,(H,17,19,20). The van der Waals surface area contributed by atoms with Gasteiger partial charge >= 0.3 is 0 Å². The van der Waals surface area contributed by atoms with Crippen molar-refractivity contribution in [2.24, 2.45) is 0 Å². The summed E-state index contributed by atoms with van der Waals surface area (Å²) in [5, 5.41) is 6.74. The van der Waals surface area contributed by atoms with Gasteiger partial charge in [0.05, 0.1) is 0 Å². The molecule has 3 rings (SSSR count). The number of piperidine rings is 1. The quantitative estimate of drug-likeness (QED) is 0.905. The zero-order valence-corrected chi connectivity index (χ0v) is 13.6. The number of carbonyl (C=O) groups excluding carboxylic acids is 1. The highest BCUT2D eigenvalue weighted by atomic mass is 32.1. The van der Waals surface area contributed by atoms with E-state index in [2.05, 4.69) is 34.4 Å². The van der Waals surface area contributed by atoms with Gasteiger partial charge in [-0.15, -0.1) is 11.3 Å². The van der Waals surface area contributed by atoms with Crippen molar-refractivity contribution in [2.45, 2.75) is 38.5 Å². The molecule has 2 aromatic heterocycles. The minimum Gasteiger partial charge on any atom is -0.447 e. The molecule has 118 valence electrons. The number of anilines is 1. The molecule has 0 aliphatic carbocycles. The van der Waals surface area contributed by atoms with Crippen molar-refractivity contribution in [1.29, 1.82) is 0 Å².